The van der Waals surface area contributed by atoms with Crippen LogP contribution in [0.15, 0.2) is 18.2 Å². The number of hydrogen-bond acceptors (Lipinski definition) is 3. The molecular formula is C13H17ClN2O3. The Kier molecular flexibility index (Phi) is 5.79. The van der Waals surface area contributed by atoms with Gasteiger partial charge in [-0.25, -0.2) is 4.79 Å². The molecule has 19 heavy (non-hydrogen) atoms. The molecule has 1 aromatic rings. The van der Waals surface area contributed by atoms with E-state index in [9.17, 15) is 9.59 Å². The summed E-state index contributed by atoms with van der Waals surface area (Å²) in [6, 6.07) is 3.62. The molecule has 0 bridgehead atoms. The molecule has 4 N–H and O–H groups in total. The lowest BCUT2D eigenvalue weighted by Crippen LogP contribution is -2.35. The number of hydrogen-bond donors (Lipinski definition) is 3. The minimum absolute atomic E-state index is 0.0523. The normalized spacial score (nSPS) is 11.9. The number of halogens is 1. The summed E-state index contributed by atoms with van der Waals surface area (Å²) in [4.78, 5) is 22.9. The zero-order valence-corrected chi connectivity index (χ0v) is 11.4. The van der Waals surface area contributed by atoms with Crippen molar-refractivity contribution < 1.29 is 14.7 Å². The highest BCUT2D eigenvalue weighted by Crippen LogP contribution is 2.21. The van der Waals surface area contributed by atoms with E-state index >= 15 is 0 Å². The Balaban J connectivity index is 2.81. The van der Waals surface area contributed by atoms with Crippen LogP contribution in [0.1, 0.15) is 36.5 Å². The van der Waals surface area contributed by atoms with Crippen LogP contribution in [0.25, 0.3) is 0 Å². The van der Waals surface area contributed by atoms with Crippen LogP contribution in [-0.2, 0) is 4.79 Å². The Bertz CT molecular complexity index is 477. The maximum Gasteiger partial charge on any atom is 0.337 e. The van der Waals surface area contributed by atoms with Crippen molar-refractivity contribution in [2.24, 2.45) is 5.73 Å². The molecule has 6 heteroatoms. The van der Waals surface area contributed by atoms with Crippen LogP contribution in [0.4, 0.5) is 5.69 Å². The van der Waals surface area contributed by atoms with E-state index in [-0.39, 0.29) is 11.3 Å². The van der Waals surface area contributed by atoms with Crippen molar-refractivity contribution in [3.05, 3.63) is 28.8 Å². The van der Waals surface area contributed by atoms with E-state index in [2.05, 4.69) is 5.32 Å². The average molecular weight is 285 g/mol. The quantitative estimate of drug-likeness (QED) is 0.748. The predicted octanol–water partition coefficient (Wildman–Crippen LogP) is 2.49. The molecule has 0 saturated carbocycles. The smallest absolute Gasteiger partial charge is 0.337 e. The number of amides is 1. The van der Waals surface area contributed by atoms with E-state index in [0.717, 1.165) is 12.8 Å². The average Bonchev–Trinajstić information content (AvgIpc) is 2.37. The number of carbonyl (C=O) groups is 2. The fraction of sp³-hybridized carbons (Fsp3) is 0.385. The largest absolute Gasteiger partial charge is 0.478 e. The fourth-order valence-corrected chi connectivity index (χ4v) is 1.76. The standard InChI is InChI=1S/C13H17ClN2O3/c1-2-3-4-10(15)12(17)16-11-6-5-8(14)7-9(11)13(18)19/h5-7,10H,2-4,15H2,1H3,(H,16,17)(H,18,19)/t10-/m0/s1. The topological polar surface area (TPSA) is 92.4 Å². The van der Waals surface area contributed by atoms with Crippen molar-refractivity contribution in [1.29, 1.82) is 0 Å². The molecule has 0 radical (unpaired) electrons. The summed E-state index contributed by atoms with van der Waals surface area (Å²) in [7, 11) is 0. The van der Waals surface area contributed by atoms with Crippen LogP contribution >= 0.6 is 11.6 Å². The third-order valence-electron chi connectivity index (χ3n) is 2.68. The Hall–Kier alpha value is -1.59. The highest BCUT2D eigenvalue weighted by molar-refractivity contribution is 6.31. The van der Waals surface area contributed by atoms with Gasteiger partial charge in [0.25, 0.3) is 0 Å². The van der Waals surface area contributed by atoms with Crippen LogP contribution in [-0.4, -0.2) is 23.0 Å². The number of unbranched alkanes of at least 4 members (excludes halogenated alkanes) is 1. The Labute approximate surface area is 116 Å². The van der Waals surface area contributed by atoms with Gasteiger partial charge in [-0.2, -0.15) is 0 Å². The van der Waals surface area contributed by atoms with E-state index in [1.54, 1.807) is 0 Å². The molecule has 1 amide bonds. The number of nitrogens with two attached hydrogens (primary N) is 1. The molecule has 0 aliphatic carbocycles. The van der Waals surface area contributed by atoms with Gasteiger partial charge in [0.1, 0.15) is 0 Å². The molecule has 104 valence electrons. The third-order valence-corrected chi connectivity index (χ3v) is 2.91. The molecule has 0 heterocycles. The van der Waals surface area contributed by atoms with Crippen LogP contribution in [0.2, 0.25) is 5.02 Å². The highest BCUT2D eigenvalue weighted by atomic mass is 35.5. The number of anilines is 1. The van der Waals surface area contributed by atoms with Crippen molar-refractivity contribution in [2.45, 2.75) is 32.2 Å². The van der Waals surface area contributed by atoms with E-state index in [1.807, 2.05) is 6.92 Å². The van der Waals surface area contributed by atoms with Gasteiger partial charge in [-0.05, 0) is 24.6 Å². The van der Waals surface area contributed by atoms with E-state index in [0.29, 0.717) is 11.4 Å². The summed E-state index contributed by atoms with van der Waals surface area (Å²) in [5, 5.41) is 11.9. The van der Waals surface area contributed by atoms with Gasteiger partial charge >= 0.3 is 5.97 Å². The monoisotopic (exact) mass is 284 g/mol. The summed E-state index contributed by atoms with van der Waals surface area (Å²) in [5.41, 5.74) is 5.87. The number of aromatic carboxylic acids is 1. The number of carbonyl (C=O) groups excluding carboxylic acids is 1. The summed E-state index contributed by atoms with van der Waals surface area (Å²) in [6.07, 6.45) is 2.36. The third kappa shape index (κ3) is 4.54. The maximum absolute atomic E-state index is 11.8. The van der Waals surface area contributed by atoms with Crippen LogP contribution in [0.5, 0.6) is 0 Å². The minimum Gasteiger partial charge on any atom is -0.478 e. The van der Waals surface area contributed by atoms with Gasteiger partial charge in [0.15, 0.2) is 0 Å². The molecular weight excluding hydrogens is 268 g/mol. The molecule has 0 fully saturated rings. The lowest BCUT2D eigenvalue weighted by atomic mass is 10.1. The van der Waals surface area contributed by atoms with Gasteiger partial charge in [-0.1, -0.05) is 31.4 Å². The Morgan fingerprint density at radius 3 is 2.74 bits per heavy atom. The van der Waals surface area contributed by atoms with Gasteiger partial charge in [0.2, 0.25) is 5.91 Å². The van der Waals surface area contributed by atoms with Crippen molar-refractivity contribution in [2.75, 3.05) is 5.32 Å². The zero-order chi connectivity index (χ0) is 14.4. The molecule has 0 aliphatic rings. The molecule has 5 nitrogen and oxygen atoms in total. The van der Waals surface area contributed by atoms with Crippen molar-refractivity contribution in [1.82, 2.24) is 0 Å². The first kappa shape index (κ1) is 15.5. The predicted molar refractivity (Wildman–Crippen MR) is 74.5 cm³/mol. The van der Waals surface area contributed by atoms with Crippen LogP contribution < -0.4 is 11.1 Å². The van der Waals surface area contributed by atoms with Crippen molar-refractivity contribution in [3.8, 4) is 0 Å². The summed E-state index contributed by atoms with van der Waals surface area (Å²) < 4.78 is 0. The number of carboxylic acid groups (broad SMARTS) is 1. The zero-order valence-electron chi connectivity index (χ0n) is 10.6. The molecule has 0 unspecified atom stereocenters. The molecule has 0 aliphatic heterocycles. The van der Waals surface area contributed by atoms with Gasteiger partial charge < -0.3 is 16.2 Å². The highest BCUT2D eigenvalue weighted by Gasteiger charge is 2.17. The van der Waals surface area contributed by atoms with Crippen molar-refractivity contribution in [3.63, 3.8) is 0 Å². The van der Waals surface area contributed by atoms with Crippen molar-refractivity contribution >= 4 is 29.2 Å². The number of carboxylic acids is 1. The van der Waals surface area contributed by atoms with E-state index < -0.39 is 17.9 Å². The van der Waals surface area contributed by atoms with Gasteiger partial charge in [-0.15, -0.1) is 0 Å². The van der Waals surface area contributed by atoms with Gasteiger partial charge in [-0.3, -0.25) is 4.79 Å². The SMILES string of the molecule is CCCC[C@H](N)C(=O)Nc1ccc(Cl)cc1C(=O)O. The molecule has 0 aromatic heterocycles. The maximum atomic E-state index is 11.8. The Morgan fingerprint density at radius 1 is 1.47 bits per heavy atom. The molecule has 0 spiro atoms. The molecule has 1 aromatic carbocycles. The second-order valence-electron chi connectivity index (χ2n) is 4.23. The lowest BCUT2D eigenvalue weighted by molar-refractivity contribution is -0.117. The van der Waals surface area contributed by atoms with Crippen LogP contribution in [0, 0.1) is 0 Å². The second kappa shape index (κ2) is 7.11. The number of nitrogens with one attached hydrogen (secondary N) is 1. The minimum atomic E-state index is -1.15. The Morgan fingerprint density at radius 2 is 2.16 bits per heavy atom. The number of benzene rings is 1. The first-order valence-corrected chi connectivity index (χ1v) is 6.42. The van der Waals surface area contributed by atoms with E-state index in [4.69, 9.17) is 22.4 Å². The summed E-state index contributed by atoms with van der Waals surface area (Å²) in [5.74, 6) is -1.54. The molecule has 1 atom stereocenters. The molecule has 0 saturated heterocycles. The lowest BCUT2D eigenvalue weighted by Gasteiger charge is -2.13. The van der Waals surface area contributed by atoms with Gasteiger partial charge in [0, 0.05) is 5.02 Å². The first-order valence-electron chi connectivity index (χ1n) is 6.05. The van der Waals surface area contributed by atoms with E-state index in [1.165, 1.54) is 18.2 Å². The number of rotatable bonds is 6. The fourth-order valence-electron chi connectivity index (χ4n) is 1.58. The van der Waals surface area contributed by atoms with Gasteiger partial charge in [0.05, 0.1) is 17.3 Å². The molecule has 1 rings (SSSR count). The second-order valence-corrected chi connectivity index (χ2v) is 4.67. The first-order chi connectivity index (χ1) is 8.95. The van der Waals surface area contributed by atoms with Crippen LogP contribution in [0.3, 0.4) is 0 Å². The summed E-state index contributed by atoms with van der Waals surface area (Å²) in [6.45, 7) is 2.01. The summed E-state index contributed by atoms with van der Waals surface area (Å²) >= 11 is 5.73.